The second-order valence-corrected chi connectivity index (χ2v) is 6.47. The number of fused-ring (bicyclic) bond motifs is 4. The van der Waals surface area contributed by atoms with Crippen LogP contribution in [0.2, 0.25) is 0 Å². The summed E-state index contributed by atoms with van der Waals surface area (Å²) in [4.78, 5) is 4.60. The van der Waals surface area contributed by atoms with Gasteiger partial charge in [-0.25, -0.2) is 0 Å². The minimum atomic E-state index is 0.862. The summed E-state index contributed by atoms with van der Waals surface area (Å²) in [7, 11) is 0. The van der Waals surface area contributed by atoms with Crippen LogP contribution in [0.15, 0.2) is 67.0 Å². The van der Waals surface area contributed by atoms with E-state index in [1.54, 1.807) is 11.3 Å². The van der Waals surface area contributed by atoms with Crippen molar-refractivity contribution in [3.63, 3.8) is 0 Å². The number of nitrogens with zero attached hydrogens (tertiary/aromatic N) is 3. The number of aromatic nitrogens is 3. The Bertz CT molecular complexity index is 1170. The maximum Gasteiger partial charge on any atom is 0.130 e. The summed E-state index contributed by atoms with van der Waals surface area (Å²) in [5.41, 5.74) is 1.76. The summed E-state index contributed by atoms with van der Waals surface area (Å²) in [6.45, 7) is 0. The molecule has 0 N–H and O–H groups in total. The minimum absolute atomic E-state index is 0.862. The molecular formula is C19H11N3S. The van der Waals surface area contributed by atoms with E-state index in [0.717, 1.165) is 32.2 Å². The van der Waals surface area contributed by atoms with E-state index < -0.39 is 0 Å². The molecule has 2 aromatic carbocycles. The lowest BCUT2D eigenvalue weighted by atomic mass is 10.1. The molecule has 0 aliphatic rings. The summed E-state index contributed by atoms with van der Waals surface area (Å²) >= 11 is 1.75. The largest absolute Gasteiger partial charge is 0.254 e. The predicted molar refractivity (Wildman–Crippen MR) is 95.7 cm³/mol. The molecule has 3 aromatic heterocycles. The standard InChI is InChI=1S/C19H11N3S/c1-2-6-13-12(5-1)9-10-20-17(13)18-19-15(11-21-22-18)14-7-3-4-8-16(14)23-19/h1-11H. The molecule has 23 heavy (non-hydrogen) atoms. The molecule has 5 rings (SSSR count). The minimum Gasteiger partial charge on any atom is -0.254 e. The number of pyridine rings is 1. The van der Waals surface area contributed by atoms with Gasteiger partial charge in [0.1, 0.15) is 5.69 Å². The van der Waals surface area contributed by atoms with Crippen LogP contribution >= 0.6 is 11.3 Å². The predicted octanol–water partition coefficient (Wildman–Crippen LogP) is 5.06. The van der Waals surface area contributed by atoms with Gasteiger partial charge in [-0.3, -0.25) is 4.98 Å². The van der Waals surface area contributed by atoms with Gasteiger partial charge in [-0.1, -0.05) is 42.5 Å². The van der Waals surface area contributed by atoms with Gasteiger partial charge in [0.2, 0.25) is 0 Å². The Kier molecular flexibility index (Phi) is 2.66. The molecule has 0 amide bonds. The van der Waals surface area contributed by atoms with Crippen LogP contribution in [0.3, 0.4) is 0 Å². The maximum atomic E-state index is 4.60. The van der Waals surface area contributed by atoms with E-state index in [-0.39, 0.29) is 0 Å². The van der Waals surface area contributed by atoms with E-state index in [0.29, 0.717) is 0 Å². The molecule has 0 fully saturated rings. The average Bonchev–Trinajstić information content (AvgIpc) is 3.00. The maximum absolute atomic E-state index is 4.60. The van der Waals surface area contributed by atoms with Crippen molar-refractivity contribution in [2.75, 3.05) is 0 Å². The van der Waals surface area contributed by atoms with Crippen LogP contribution in [0.4, 0.5) is 0 Å². The van der Waals surface area contributed by atoms with Crippen molar-refractivity contribution in [2.45, 2.75) is 0 Å². The molecule has 3 heterocycles. The highest BCUT2D eigenvalue weighted by atomic mass is 32.1. The third kappa shape index (κ3) is 1.85. The zero-order valence-electron chi connectivity index (χ0n) is 12.1. The van der Waals surface area contributed by atoms with Crippen LogP contribution in [0.1, 0.15) is 0 Å². The summed E-state index contributed by atoms with van der Waals surface area (Å²) in [6.07, 6.45) is 3.69. The van der Waals surface area contributed by atoms with Crippen molar-refractivity contribution in [2.24, 2.45) is 0 Å². The fourth-order valence-corrected chi connectivity index (χ4v) is 4.18. The monoisotopic (exact) mass is 313 g/mol. The van der Waals surface area contributed by atoms with Crippen molar-refractivity contribution < 1.29 is 0 Å². The molecule has 0 saturated heterocycles. The quantitative estimate of drug-likeness (QED) is 0.434. The van der Waals surface area contributed by atoms with Crippen molar-refractivity contribution >= 4 is 42.3 Å². The average molecular weight is 313 g/mol. The third-order valence-electron chi connectivity index (χ3n) is 4.09. The van der Waals surface area contributed by atoms with E-state index in [2.05, 4.69) is 51.6 Å². The van der Waals surface area contributed by atoms with E-state index >= 15 is 0 Å². The Balaban J connectivity index is 1.93. The summed E-state index contributed by atoms with van der Waals surface area (Å²) < 4.78 is 2.39. The van der Waals surface area contributed by atoms with Crippen LogP contribution in [-0.4, -0.2) is 15.2 Å². The lowest BCUT2D eigenvalue weighted by molar-refractivity contribution is 1.05. The first kappa shape index (κ1) is 12.7. The molecule has 0 bridgehead atoms. The number of hydrogen-bond donors (Lipinski definition) is 0. The van der Waals surface area contributed by atoms with Crippen LogP contribution in [0.25, 0.3) is 42.3 Å². The fraction of sp³-hybridized carbons (Fsp3) is 0. The molecule has 0 unspecified atom stereocenters. The normalized spacial score (nSPS) is 11.5. The lowest BCUT2D eigenvalue weighted by Gasteiger charge is -2.05. The Labute approximate surface area is 136 Å². The molecule has 3 nitrogen and oxygen atoms in total. The first-order chi connectivity index (χ1) is 11.4. The van der Waals surface area contributed by atoms with E-state index in [4.69, 9.17) is 0 Å². The van der Waals surface area contributed by atoms with E-state index in [1.165, 1.54) is 10.1 Å². The van der Waals surface area contributed by atoms with Crippen LogP contribution in [0, 0.1) is 0 Å². The third-order valence-corrected chi connectivity index (χ3v) is 5.28. The molecule has 0 atom stereocenters. The molecule has 0 saturated carbocycles. The Morgan fingerprint density at radius 2 is 1.57 bits per heavy atom. The van der Waals surface area contributed by atoms with Gasteiger partial charge in [0.05, 0.1) is 16.6 Å². The van der Waals surface area contributed by atoms with Gasteiger partial charge in [0, 0.05) is 27.1 Å². The van der Waals surface area contributed by atoms with E-state index in [1.807, 2.05) is 30.6 Å². The molecular weight excluding hydrogens is 302 g/mol. The van der Waals surface area contributed by atoms with Crippen LogP contribution in [-0.2, 0) is 0 Å². The zero-order valence-corrected chi connectivity index (χ0v) is 12.9. The summed E-state index contributed by atoms with van der Waals surface area (Å²) in [6, 6.07) is 18.7. The molecule has 108 valence electrons. The molecule has 5 aromatic rings. The van der Waals surface area contributed by atoms with Crippen LogP contribution in [0.5, 0.6) is 0 Å². The molecule has 0 aliphatic carbocycles. The number of benzene rings is 2. The molecule has 0 aliphatic heterocycles. The Morgan fingerprint density at radius 3 is 2.52 bits per heavy atom. The van der Waals surface area contributed by atoms with Gasteiger partial charge in [-0.2, -0.15) is 5.10 Å². The SMILES string of the molecule is c1ccc2c(-c3nncc4c3sc3ccccc34)nccc2c1. The number of hydrogen-bond acceptors (Lipinski definition) is 4. The van der Waals surface area contributed by atoms with Crippen molar-refractivity contribution in [1.82, 2.24) is 15.2 Å². The second-order valence-electron chi connectivity index (χ2n) is 5.41. The van der Waals surface area contributed by atoms with Crippen molar-refractivity contribution in [3.8, 4) is 11.4 Å². The van der Waals surface area contributed by atoms with Gasteiger partial charge in [-0.15, -0.1) is 16.4 Å². The second kappa shape index (κ2) is 4.83. The Morgan fingerprint density at radius 1 is 0.739 bits per heavy atom. The molecule has 4 heteroatoms. The first-order valence-electron chi connectivity index (χ1n) is 7.39. The van der Waals surface area contributed by atoms with Crippen molar-refractivity contribution in [3.05, 3.63) is 67.0 Å². The van der Waals surface area contributed by atoms with Gasteiger partial charge >= 0.3 is 0 Å². The summed E-state index contributed by atoms with van der Waals surface area (Å²) in [5.74, 6) is 0. The highest BCUT2D eigenvalue weighted by Crippen LogP contribution is 2.38. The molecule has 0 radical (unpaired) electrons. The first-order valence-corrected chi connectivity index (χ1v) is 8.20. The van der Waals surface area contributed by atoms with Gasteiger partial charge in [0.25, 0.3) is 0 Å². The number of rotatable bonds is 1. The highest BCUT2D eigenvalue weighted by molar-refractivity contribution is 7.26. The highest BCUT2D eigenvalue weighted by Gasteiger charge is 2.15. The lowest BCUT2D eigenvalue weighted by Crippen LogP contribution is -1.91. The molecule has 0 spiro atoms. The smallest absolute Gasteiger partial charge is 0.130 e. The summed E-state index contributed by atoms with van der Waals surface area (Å²) in [5, 5.41) is 13.3. The zero-order chi connectivity index (χ0) is 15.2. The fourth-order valence-electron chi connectivity index (χ4n) is 3.02. The van der Waals surface area contributed by atoms with Gasteiger partial charge < -0.3 is 0 Å². The van der Waals surface area contributed by atoms with Gasteiger partial charge in [-0.05, 0) is 17.5 Å². The van der Waals surface area contributed by atoms with Gasteiger partial charge in [0.15, 0.2) is 0 Å². The Hall–Kier alpha value is -2.85. The topological polar surface area (TPSA) is 38.7 Å². The number of thiophene rings is 1. The van der Waals surface area contributed by atoms with Crippen molar-refractivity contribution in [1.29, 1.82) is 0 Å². The van der Waals surface area contributed by atoms with Crippen LogP contribution < -0.4 is 0 Å². The van der Waals surface area contributed by atoms with E-state index in [9.17, 15) is 0 Å².